The normalized spacial score (nSPS) is 14.4. The van der Waals surface area contributed by atoms with Crippen LogP contribution in [0.25, 0.3) is 11.0 Å². The molecule has 0 aliphatic heterocycles. The lowest BCUT2D eigenvalue weighted by molar-refractivity contribution is -0.113. The number of halogens is 1. The topological polar surface area (TPSA) is 68.5 Å². The van der Waals surface area contributed by atoms with Gasteiger partial charge in [0.2, 0.25) is 5.22 Å². The smallest absolute Gasteiger partial charge is 0.408 e. The van der Waals surface area contributed by atoms with E-state index in [-0.39, 0.29) is 5.22 Å². The molecule has 0 bridgehead atoms. The fraction of sp³-hybridized carbons (Fsp3) is 0.375. The van der Waals surface area contributed by atoms with Gasteiger partial charge in [-0.1, -0.05) is 18.2 Å². The summed E-state index contributed by atoms with van der Waals surface area (Å²) in [5.74, 6) is 0. The molecule has 1 atom stereocenters. The summed E-state index contributed by atoms with van der Waals surface area (Å²) in [6.45, 7) is 6.77. The maximum Gasteiger partial charge on any atom is 0.408 e. The van der Waals surface area contributed by atoms with Crippen LogP contribution < -0.4 is 5.32 Å². The molecule has 118 valence electrons. The van der Waals surface area contributed by atoms with Crippen molar-refractivity contribution < 1.29 is 18.7 Å². The van der Waals surface area contributed by atoms with E-state index in [2.05, 4.69) is 5.32 Å². The van der Waals surface area contributed by atoms with Gasteiger partial charge in [0, 0.05) is 5.39 Å². The maximum atomic E-state index is 12.0. The third-order valence-electron chi connectivity index (χ3n) is 3.07. The van der Waals surface area contributed by atoms with E-state index in [1.54, 1.807) is 52.0 Å². The van der Waals surface area contributed by atoms with E-state index in [1.807, 2.05) is 0 Å². The zero-order valence-corrected chi connectivity index (χ0v) is 13.7. The Hall–Kier alpha value is -2.01. The summed E-state index contributed by atoms with van der Waals surface area (Å²) in [5, 5.41) is 3.29. The second kappa shape index (κ2) is 5.65. The van der Waals surface area contributed by atoms with Crippen LogP contribution in [0.15, 0.2) is 28.7 Å². The lowest BCUT2D eigenvalue weighted by atomic mass is 9.93. The monoisotopic (exact) mass is 323 g/mol. The number of ether oxygens (including phenoxy) is 1. The Bertz CT molecular complexity index is 716. The number of nitrogens with one attached hydrogen (secondary N) is 1. The zero-order valence-electron chi connectivity index (χ0n) is 12.9. The van der Waals surface area contributed by atoms with Crippen molar-refractivity contribution in [3.63, 3.8) is 0 Å². The quantitative estimate of drug-likeness (QED) is 0.866. The number of para-hydroxylation sites is 1. The number of benzene rings is 1. The Labute approximate surface area is 133 Å². The molecule has 2 aromatic rings. The first-order chi connectivity index (χ1) is 10.2. The maximum absolute atomic E-state index is 12.0. The van der Waals surface area contributed by atoms with Crippen molar-refractivity contribution >= 4 is 34.9 Å². The number of alkyl carbamates (subject to hydrolysis) is 1. The molecular weight excluding hydrogens is 306 g/mol. The highest BCUT2D eigenvalue weighted by Crippen LogP contribution is 2.36. The molecule has 1 heterocycles. The molecule has 0 fully saturated rings. The van der Waals surface area contributed by atoms with Crippen molar-refractivity contribution in [1.29, 1.82) is 0 Å². The van der Waals surface area contributed by atoms with Crippen LogP contribution in [-0.2, 0) is 15.1 Å². The Balaban J connectivity index is 2.42. The molecule has 1 amide bonds. The average Bonchev–Trinajstić information content (AvgIpc) is 2.72. The minimum atomic E-state index is -1.36. The second-order valence-electron chi connectivity index (χ2n) is 6.19. The Morgan fingerprint density at radius 3 is 2.50 bits per heavy atom. The van der Waals surface area contributed by atoms with Crippen LogP contribution in [0.3, 0.4) is 0 Å². The van der Waals surface area contributed by atoms with Crippen LogP contribution in [-0.4, -0.2) is 18.0 Å². The molecule has 1 aromatic carbocycles. The number of hydrogen-bond donors (Lipinski definition) is 1. The summed E-state index contributed by atoms with van der Waals surface area (Å²) in [5.41, 5.74) is -1.07. The minimum Gasteiger partial charge on any atom is -0.444 e. The third-order valence-corrected chi connectivity index (χ3v) is 3.33. The minimum absolute atomic E-state index is 0.0619. The fourth-order valence-electron chi connectivity index (χ4n) is 2.17. The average molecular weight is 324 g/mol. The number of hydrogen-bond acceptors (Lipinski definition) is 4. The highest BCUT2D eigenvalue weighted by Gasteiger charge is 2.36. The van der Waals surface area contributed by atoms with Crippen molar-refractivity contribution in [2.75, 3.05) is 0 Å². The third kappa shape index (κ3) is 3.25. The molecule has 0 saturated heterocycles. The van der Waals surface area contributed by atoms with Gasteiger partial charge in [-0.25, -0.2) is 4.79 Å². The van der Waals surface area contributed by atoms with Gasteiger partial charge < -0.3 is 19.3 Å². The van der Waals surface area contributed by atoms with Crippen LogP contribution in [0.4, 0.5) is 4.79 Å². The summed E-state index contributed by atoms with van der Waals surface area (Å²) in [6.07, 6.45) is -0.0939. The number of rotatable bonds is 3. The largest absolute Gasteiger partial charge is 0.444 e. The molecule has 1 unspecified atom stereocenters. The van der Waals surface area contributed by atoms with Gasteiger partial charge in [-0.3, -0.25) is 0 Å². The molecular formula is C16H18ClNO4. The van der Waals surface area contributed by atoms with Gasteiger partial charge >= 0.3 is 6.09 Å². The van der Waals surface area contributed by atoms with Crippen LogP contribution in [0.2, 0.25) is 5.22 Å². The van der Waals surface area contributed by atoms with Gasteiger partial charge in [0.1, 0.15) is 23.0 Å². The number of carbonyl (C=O) groups excluding carboxylic acids is 2. The zero-order chi connectivity index (χ0) is 16.5. The van der Waals surface area contributed by atoms with Gasteiger partial charge in [-0.2, -0.15) is 0 Å². The number of carbonyl (C=O) groups is 2. The Kier molecular flexibility index (Phi) is 4.20. The molecule has 0 spiro atoms. The van der Waals surface area contributed by atoms with Crippen LogP contribution in [0, 0.1) is 0 Å². The summed E-state index contributed by atoms with van der Waals surface area (Å²) in [4.78, 5) is 23.7. The van der Waals surface area contributed by atoms with E-state index in [4.69, 9.17) is 20.8 Å². The van der Waals surface area contributed by atoms with E-state index in [1.165, 1.54) is 0 Å². The Morgan fingerprint density at radius 1 is 1.27 bits per heavy atom. The molecule has 2 rings (SSSR count). The first kappa shape index (κ1) is 16.4. The van der Waals surface area contributed by atoms with Crippen molar-refractivity contribution in [1.82, 2.24) is 5.32 Å². The summed E-state index contributed by atoms with van der Waals surface area (Å²) < 4.78 is 10.6. The molecule has 0 radical (unpaired) electrons. The molecule has 0 aliphatic carbocycles. The predicted octanol–water partition coefficient (Wildman–Crippen LogP) is 4.03. The standard InChI is InChI=1S/C16H18ClNO4/c1-15(2,3)22-14(20)18-16(4,9-19)12-10-7-5-6-8-11(10)21-13(12)17/h5-9H,1-4H3,(H,18,20). The molecule has 0 aliphatic rings. The van der Waals surface area contributed by atoms with Crippen molar-refractivity contribution in [2.24, 2.45) is 0 Å². The van der Waals surface area contributed by atoms with Gasteiger partial charge in [-0.15, -0.1) is 0 Å². The molecule has 5 nitrogen and oxygen atoms in total. The van der Waals surface area contributed by atoms with Crippen LogP contribution >= 0.6 is 11.6 Å². The second-order valence-corrected chi connectivity index (χ2v) is 6.54. The molecule has 1 N–H and O–H groups in total. The molecule has 22 heavy (non-hydrogen) atoms. The van der Waals surface area contributed by atoms with E-state index in [0.717, 1.165) is 0 Å². The molecule has 0 saturated carbocycles. The Morgan fingerprint density at radius 2 is 1.91 bits per heavy atom. The van der Waals surface area contributed by atoms with Crippen molar-refractivity contribution in [3.8, 4) is 0 Å². The van der Waals surface area contributed by atoms with E-state index in [0.29, 0.717) is 22.8 Å². The first-order valence-electron chi connectivity index (χ1n) is 6.81. The van der Waals surface area contributed by atoms with E-state index < -0.39 is 17.2 Å². The van der Waals surface area contributed by atoms with Gasteiger partial charge in [0.25, 0.3) is 0 Å². The lowest BCUT2D eigenvalue weighted by Crippen LogP contribution is -2.47. The summed E-state index contributed by atoms with van der Waals surface area (Å²) >= 11 is 6.13. The number of aldehydes is 1. The van der Waals surface area contributed by atoms with Gasteiger partial charge in [0.15, 0.2) is 0 Å². The summed E-state index contributed by atoms with van der Waals surface area (Å²) in [6, 6.07) is 7.11. The van der Waals surface area contributed by atoms with E-state index in [9.17, 15) is 9.59 Å². The highest BCUT2D eigenvalue weighted by molar-refractivity contribution is 6.31. The molecule has 6 heteroatoms. The predicted molar refractivity (Wildman–Crippen MR) is 84.0 cm³/mol. The van der Waals surface area contributed by atoms with Crippen molar-refractivity contribution in [2.45, 2.75) is 38.8 Å². The van der Waals surface area contributed by atoms with E-state index >= 15 is 0 Å². The van der Waals surface area contributed by atoms with Gasteiger partial charge in [-0.05, 0) is 45.4 Å². The van der Waals surface area contributed by atoms with Gasteiger partial charge in [0.05, 0.1) is 5.56 Å². The first-order valence-corrected chi connectivity index (χ1v) is 7.19. The highest BCUT2D eigenvalue weighted by atomic mass is 35.5. The van der Waals surface area contributed by atoms with Crippen LogP contribution in [0.1, 0.15) is 33.3 Å². The number of furan rings is 1. The SMILES string of the molecule is CC(C)(C)OC(=O)NC(C)(C=O)c1c(Cl)oc2ccccc12. The lowest BCUT2D eigenvalue weighted by Gasteiger charge is -2.27. The number of fused-ring (bicyclic) bond motifs is 1. The fourth-order valence-corrected chi connectivity index (χ4v) is 2.55. The number of amides is 1. The molecule has 1 aromatic heterocycles. The van der Waals surface area contributed by atoms with Crippen molar-refractivity contribution in [3.05, 3.63) is 35.0 Å². The summed E-state index contributed by atoms with van der Waals surface area (Å²) in [7, 11) is 0. The van der Waals surface area contributed by atoms with Crippen LogP contribution in [0.5, 0.6) is 0 Å².